The molecule has 0 radical (unpaired) electrons. The van der Waals surface area contributed by atoms with Crippen molar-refractivity contribution in [3.63, 3.8) is 0 Å². The van der Waals surface area contributed by atoms with Gasteiger partial charge in [-0.2, -0.15) is 5.10 Å². The van der Waals surface area contributed by atoms with Crippen LogP contribution in [0.5, 0.6) is 0 Å². The second-order valence-corrected chi connectivity index (χ2v) is 4.84. The van der Waals surface area contributed by atoms with Gasteiger partial charge < -0.3 is 10.1 Å². The summed E-state index contributed by atoms with van der Waals surface area (Å²) in [7, 11) is 0. The maximum Gasteiger partial charge on any atom is 0.251 e. The van der Waals surface area contributed by atoms with Gasteiger partial charge in [0, 0.05) is 30.0 Å². The summed E-state index contributed by atoms with van der Waals surface area (Å²) in [6, 6.07) is 7.55. The highest BCUT2D eigenvalue weighted by Crippen LogP contribution is 2.25. The number of nitrogens with zero attached hydrogens (tertiary/aromatic N) is 1. The smallest absolute Gasteiger partial charge is 0.251 e. The summed E-state index contributed by atoms with van der Waals surface area (Å²) >= 11 is 0. The summed E-state index contributed by atoms with van der Waals surface area (Å²) in [6.45, 7) is 7.60. The molecule has 1 aromatic carbocycles. The lowest BCUT2D eigenvalue weighted by molar-refractivity contribution is 0.0922. The van der Waals surface area contributed by atoms with Crippen molar-refractivity contribution >= 4 is 5.91 Å². The molecule has 0 unspecified atom stereocenters. The maximum absolute atomic E-state index is 12.0. The third-order valence-corrected chi connectivity index (χ3v) is 3.30. The van der Waals surface area contributed by atoms with E-state index in [4.69, 9.17) is 4.74 Å². The molecule has 21 heavy (non-hydrogen) atoms. The van der Waals surface area contributed by atoms with Crippen LogP contribution >= 0.6 is 0 Å². The number of carbonyl (C=O) groups excluding carboxylic acids is 1. The molecule has 1 amide bonds. The second-order valence-electron chi connectivity index (χ2n) is 4.84. The van der Waals surface area contributed by atoms with Crippen LogP contribution in [0.25, 0.3) is 11.1 Å². The van der Waals surface area contributed by atoms with Crippen LogP contribution in [0.2, 0.25) is 0 Å². The zero-order valence-electron chi connectivity index (χ0n) is 12.7. The molecular weight excluding hydrogens is 266 g/mol. The number of aromatic amines is 1. The molecule has 0 fully saturated rings. The van der Waals surface area contributed by atoms with Crippen molar-refractivity contribution in [3.05, 3.63) is 41.2 Å². The molecular formula is C16H21N3O2. The van der Waals surface area contributed by atoms with Crippen LogP contribution in [0.4, 0.5) is 0 Å². The van der Waals surface area contributed by atoms with Crippen LogP contribution in [-0.2, 0) is 4.74 Å². The first kappa shape index (κ1) is 15.3. The van der Waals surface area contributed by atoms with Crippen molar-refractivity contribution in [3.8, 4) is 11.1 Å². The quantitative estimate of drug-likeness (QED) is 0.802. The van der Waals surface area contributed by atoms with E-state index in [0.717, 1.165) is 22.5 Å². The van der Waals surface area contributed by atoms with Gasteiger partial charge in [-0.3, -0.25) is 9.89 Å². The Morgan fingerprint density at radius 1 is 1.29 bits per heavy atom. The number of nitrogens with one attached hydrogen (secondary N) is 2. The zero-order valence-corrected chi connectivity index (χ0v) is 12.7. The number of aryl methyl sites for hydroxylation is 2. The Kier molecular flexibility index (Phi) is 5.11. The molecule has 5 nitrogen and oxygen atoms in total. The summed E-state index contributed by atoms with van der Waals surface area (Å²) in [5.41, 5.74) is 4.79. The van der Waals surface area contributed by atoms with E-state index in [1.807, 2.05) is 45.0 Å². The first-order valence-electron chi connectivity index (χ1n) is 7.11. The lowest BCUT2D eigenvalue weighted by Gasteiger charge is -2.07. The summed E-state index contributed by atoms with van der Waals surface area (Å²) in [5, 5.41) is 9.99. The van der Waals surface area contributed by atoms with Crippen molar-refractivity contribution in [2.45, 2.75) is 20.8 Å². The highest BCUT2D eigenvalue weighted by Gasteiger charge is 2.10. The molecule has 0 aliphatic carbocycles. The highest BCUT2D eigenvalue weighted by molar-refractivity contribution is 5.94. The predicted octanol–water partition coefficient (Wildman–Crippen LogP) is 2.46. The first-order valence-corrected chi connectivity index (χ1v) is 7.11. The van der Waals surface area contributed by atoms with E-state index >= 15 is 0 Å². The molecule has 2 N–H and O–H groups in total. The van der Waals surface area contributed by atoms with Gasteiger partial charge in [0.1, 0.15) is 0 Å². The number of hydrogen-bond donors (Lipinski definition) is 2. The molecule has 0 saturated heterocycles. The fraction of sp³-hybridized carbons (Fsp3) is 0.375. The number of rotatable bonds is 6. The van der Waals surface area contributed by atoms with Gasteiger partial charge >= 0.3 is 0 Å². The van der Waals surface area contributed by atoms with Crippen molar-refractivity contribution in [2.75, 3.05) is 19.8 Å². The summed E-state index contributed by atoms with van der Waals surface area (Å²) < 4.78 is 5.19. The Labute approximate surface area is 124 Å². The molecule has 2 rings (SSSR count). The van der Waals surface area contributed by atoms with Gasteiger partial charge in [0.05, 0.1) is 12.3 Å². The maximum atomic E-state index is 12.0. The van der Waals surface area contributed by atoms with Gasteiger partial charge in [-0.15, -0.1) is 0 Å². The number of carbonyl (C=O) groups is 1. The molecule has 0 bridgehead atoms. The number of amides is 1. The lowest BCUT2D eigenvalue weighted by atomic mass is 10.0. The van der Waals surface area contributed by atoms with E-state index in [1.54, 1.807) is 0 Å². The van der Waals surface area contributed by atoms with Gasteiger partial charge in [0.2, 0.25) is 0 Å². The van der Waals surface area contributed by atoms with Crippen molar-refractivity contribution in [1.82, 2.24) is 15.5 Å². The van der Waals surface area contributed by atoms with Crippen LogP contribution in [0.15, 0.2) is 24.3 Å². The zero-order chi connectivity index (χ0) is 15.2. The lowest BCUT2D eigenvalue weighted by Crippen LogP contribution is -2.27. The number of hydrogen-bond acceptors (Lipinski definition) is 3. The van der Waals surface area contributed by atoms with Gasteiger partial charge in [0.15, 0.2) is 0 Å². The van der Waals surface area contributed by atoms with Crippen LogP contribution in [0, 0.1) is 13.8 Å². The molecule has 5 heteroatoms. The van der Waals surface area contributed by atoms with E-state index in [-0.39, 0.29) is 5.91 Å². The average Bonchev–Trinajstić information content (AvgIpc) is 2.83. The average molecular weight is 287 g/mol. The number of benzene rings is 1. The van der Waals surface area contributed by atoms with Crippen molar-refractivity contribution < 1.29 is 9.53 Å². The third kappa shape index (κ3) is 3.70. The highest BCUT2D eigenvalue weighted by atomic mass is 16.5. The van der Waals surface area contributed by atoms with Crippen LogP contribution in [0.3, 0.4) is 0 Å². The van der Waals surface area contributed by atoms with Gasteiger partial charge in [0.25, 0.3) is 5.91 Å². The molecule has 1 heterocycles. The third-order valence-electron chi connectivity index (χ3n) is 3.30. The monoisotopic (exact) mass is 287 g/mol. The van der Waals surface area contributed by atoms with Gasteiger partial charge in [-0.05, 0) is 38.5 Å². The molecule has 1 aromatic heterocycles. The number of H-pyrrole nitrogens is 1. The molecule has 0 spiro atoms. The van der Waals surface area contributed by atoms with Gasteiger partial charge in [-0.1, -0.05) is 12.1 Å². The number of aromatic nitrogens is 2. The Balaban J connectivity index is 2.04. The van der Waals surface area contributed by atoms with Gasteiger partial charge in [-0.25, -0.2) is 0 Å². The molecule has 0 aliphatic rings. The summed E-state index contributed by atoms with van der Waals surface area (Å²) in [6.07, 6.45) is 0. The first-order chi connectivity index (χ1) is 10.1. The van der Waals surface area contributed by atoms with Crippen molar-refractivity contribution in [1.29, 1.82) is 0 Å². The summed E-state index contributed by atoms with van der Waals surface area (Å²) in [4.78, 5) is 12.0. The van der Waals surface area contributed by atoms with E-state index in [2.05, 4.69) is 15.5 Å². The van der Waals surface area contributed by atoms with E-state index in [9.17, 15) is 4.79 Å². The standard InChI is InChI=1S/C16H21N3O2/c1-4-21-10-9-17-16(20)14-7-5-13(6-8-14)15-11(2)18-19-12(15)3/h5-8H,4,9-10H2,1-3H3,(H,17,20)(H,18,19). The van der Waals surface area contributed by atoms with Crippen LogP contribution in [0.1, 0.15) is 28.7 Å². The predicted molar refractivity (Wildman–Crippen MR) is 82.3 cm³/mol. The van der Waals surface area contributed by atoms with E-state index in [0.29, 0.717) is 25.3 Å². The normalized spacial score (nSPS) is 10.6. The fourth-order valence-electron chi connectivity index (χ4n) is 2.25. The molecule has 0 saturated carbocycles. The molecule has 2 aromatic rings. The second kappa shape index (κ2) is 7.04. The van der Waals surface area contributed by atoms with Crippen LogP contribution < -0.4 is 5.32 Å². The molecule has 0 aliphatic heterocycles. The largest absolute Gasteiger partial charge is 0.380 e. The van der Waals surface area contributed by atoms with Crippen LogP contribution in [-0.4, -0.2) is 35.9 Å². The minimum Gasteiger partial charge on any atom is -0.380 e. The molecule has 112 valence electrons. The topological polar surface area (TPSA) is 67.0 Å². The molecule has 0 atom stereocenters. The SMILES string of the molecule is CCOCCNC(=O)c1ccc(-c2c(C)n[nH]c2C)cc1. The van der Waals surface area contributed by atoms with Crippen molar-refractivity contribution in [2.24, 2.45) is 0 Å². The Hall–Kier alpha value is -2.14. The number of ether oxygens (including phenoxy) is 1. The minimum atomic E-state index is -0.0816. The van der Waals surface area contributed by atoms with E-state index < -0.39 is 0 Å². The fourth-order valence-corrected chi connectivity index (χ4v) is 2.25. The Morgan fingerprint density at radius 2 is 2.00 bits per heavy atom. The Morgan fingerprint density at radius 3 is 2.57 bits per heavy atom. The summed E-state index contributed by atoms with van der Waals surface area (Å²) in [5.74, 6) is -0.0816. The Bertz CT molecular complexity index is 583. The van der Waals surface area contributed by atoms with E-state index in [1.165, 1.54) is 0 Å². The minimum absolute atomic E-state index is 0.0816.